The van der Waals surface area contributed by atoms with Gasteiger partial charge in [0, 0.05) is 11.8 Å². The molecule has 19 heavy (non-hydrogen) atoms. The van der Waals surface area contributed by atoms with Crippen molar-refractivity contribution in [2.45, 2.75) is 6.54 Å². The van der Waals surface area contributed by atoms with E-state index in [0.29, 0.717) is 5.56 Å². The van der Waals surface area contributed by atoms with Crippen molar-refractivity contribution in [3.05, 3.63) is 51.4 Å². The predicted octanol–water partition coefficient (Wildman–Crippen LogP) is 1.22. The zero-order chi connectivity index (χ0) is 13.8. The molecule has 2 heterocycles. The van der Waals surface area contributed by atoms with Gasteiger partial charge >= 0.3 is 0 Å². The van der Waals surface area contributed by atoms with Crippen LogP contribution in [-0.4, -0.2) is 21.6 Å². The summed E-state index contributed by atoms with van der Waals surface area (Å²) in [7, 11) is 1.35. The summed E-state index contributed by atoms with van der Waals surface area (Å²) in [5, 5.41) is 8.96. The third-order valence-electron chi connectivity index (χ3n) is 2.49. The minimum atomic E-state index is -0.407. The first-order valence-electron chi connectivity index (χ1n) is 5.30. The summed E-state index contributed by atoms with van der Waals surface area (Å²) < 4.78 is 6.21. The van der Waals surface area contributed by atoms with Crippen LogP contribution in [0.25, 0.3) is 0 Å². The lowest BCUT2D eigenvalue weighted by atomic mass is 10.2. The van der Waals surface area contributed by atoms with Crippen LogP contribution in [0, 0.1) is 11.3 Å². The fraction of sp³-hybridized carbons (Fsp3) is 0.167. The molecule has 6 nitrogen and oxygen atoms in total. The van der Waals surface area contributed by atoms with Gasteiger partial charge in [-0.25, -0.2) is 9.97 Å². The van der Waals surface area contributed by atoms with Gasteiger partial charge in [-0.3, -0.25) is 9.36 Å². The van der Waals surface area contributed by atoms with E-state index in [1.54, 1.807) is 12.1 Å². The van der Waals surface area contributed by atoms with E-state index < -0.39 is 5.56 Å². The highest BCUT2D eigenvalue weighted by atomic mass is 35.5. The van der Waals surface area contributed by atoms with Gasteiger partial charge in [-0.05, 0) is 6.07 Å². The van der Waals surface area contributed by atoms with E-state index in [1.807, 2.05) is 6.07 Å². The summed E-state index contributed by atoms with van der Waals surface area (Å²) in [5.41, 5.74) is 0.483. The predicted molar refractivity (Wildman–Crippen MR) is 68.1 cm³/mol. The Hall–Kier alpha value is -2.39. The van der Waals surface area contributed by atoms with Gasteiger partial charge in [0.25, 0.3) is 5.56 Å². The Kier molecular flexibility index (Phi) is 3.78. The number of pyridine rings is 1. The lowest BCUT2D eigenvalue weighted by Crippen LogP contribution is -2.23. The molecule has 2 aromatic rings. The number of methoxy groups -OCH3 is 1. The Bertz CT molecular complexity index is 706. The van der Waals surface area contributed by atoms with E-state index in [-0.39, 0.29) is 23.1 Å². The number of halogens is 1. The standard InChI is InChI=1S/C12H9ClN4O2/c1-19-10-11(13)16-7-17(12(10)18)6-8-3-2-4-15-9(8)5-14/h2-4,7H,6H2,1H3. The first-order valence-corrected chi connectivity index (χ1v) is 5.68. The van der Waals surface area contributed by atoms with Crippen molar-refractivity contribution >= 4 is 11.6 Å². The molecule has 0 N–H and O–H groups in total. The normalized spacial score (nSPS) is 9.95. The molecule has 0 aliphatic heterocycles. The molecule has 0 aromatic carbocycles. The molecule has 96 valence electrons. The Morgan fingerprint density at radius 3 is 3.00 bits per heavy atom. The lowest BCUT2D eigenvalue weighted by molar-refractivity contribution is 0.401. The smallest absolute Gasteiger partial charge is 0.297 e. The third kappa shape index (κ3) is 2.56. The highest BCUT2D eigenvalue weighted by Gasteiger charge is 2.12. The highest BCUT2D eigenvalue weighted by molar-refractivity contribution is 6.30. The summed E-state index contributed by atoms with van der Waals surface area (Å²) in [6, 6.07) is 5.39. The van der Waals surface area contributed by atoms with Gasteiger partial charge in [0.1, 0.15) is 11.8 Å². The molecule has 0 aliphatic carbocycles. The van der Waals surface area contributed by atoms with Crippen molar-refractivity contribution in [1.29, 1.82) is 5.26 Å². The Labute approximate surface area is 113 Å². The van der Waals surface area contributed by atoms with Gasteiger partial charge in [-0.15, -0.1) is 0 Å². The van der Waals surface area contributed by atoms with E-state index in [0.717, 1.165) is 0 Å². The van der Waals surface area contributed by atoms with Gasteiger partial charge in [0.15, 0.2) is 5.15 Å². The van der Waals surface area contributed by atoms with Gasteiger partial charge in [-0.1, -0.05) is 17.7 Å². The summed E-state index contributed by atoms with van der Waals surface area (Å²) in [5.74, 6) is -0.0217. The molecular formula is C12H9ClN4O2. The average molecular weight is 277 g/mol. The molecule has 0 saturated carbocycles. The molecule has 0 fully saturated rings. The monoisotopic (exact) mass is 276 g/mol. The second-order valence-corrected chi connectivity index (χ2v) is 3.98. The molecule has 2 aromatic heterocycles. The largest absolute Gasteiger partial charge is 0.489 e. The number of hydrogen-bond donors (Lipinski definition) is 0. The minimum Gasteiger partial charge on any atom is -0.489 e. The number of aromatic nitrogens is 3. The van der Waals surface area contributed by atoms with Crippen LogP contribution in [-0.2, 0) is 6.54 Å². The first kappa shape index (κ1) is 13.1. The fourth-order valence-corrected chi connectivity index (χ4v) is 1.79. The van der Waals surface area contributed by atoms with Gasteiger partial charge < -0.3 is 4.74 Å². The zero-order valence-corrected chi connectivity index (χ0v) is 10.8. The fourth-order valence-electron chi connectivity index (χ4n) is 1.58. The summed E-state index contributed by atoms with van der Waals surface area (Å²) in [6.07, 6.45) is 2.83. The number of nitriles is 1. The van der Waals surface area contributed by atoms with E-state index in [1.165, 1.54) is 24.2 Å². The zero-order valence-electron chi connectivity index (χ0n) is 10.00. The van der Waals surface area contributed by atoms with Crippen molar-refractivity contribution in [3.63, 3.8) is 0 Å². The second-order valence-electron chi connectivity index (χ2n) is 3.62. The highest BCUT2D eigenvalue weighted by Crippen LogP contribution is 2.15. The number of ether oxygens (including phenoxy) is 1. The number of hydrogen-bond acceptors (Lipinski definition) is 5. The van der Waals surface area contributed by atoms with Gasteiger partial charge in [0.05, 0.1) is 20.0 Å². The van der Waals surface area contributed by atoms with Crippen LogP contribution in [0.2, 0.25) is 5.15 Å². The molecular weight excluding hydrogens is 268 g/mol. The quantitative estimate of drug-likeness (QED) is 0.788. The molecule has 7 heteroatoms. The topological polar surface area (TPSA) is 80.8 Å². The molecule has 2 rings (SSSR count). The van der Waals surface area contributed by atoms with Crippen molar-refractivity contribution in [2.75, 3.05) is 7.11 Å². The molecule has 0 atom stereocenters. The van der Waals surface area contributed by atoms with Crippen molar-refractivity contribution in [2.24, 2.45) is 0 Å². The molecule has 0 radical (unpaired) electrons. The first-order chi connectivity index (χ1) is 9.17. The van der Waals surface area contributed by atoms with Crippen molar-refractivity contribution < 1.29 is 4.74 Å². The van der Waals surface area contributed by atoms with Crippen LogP contribution in [0.5, 0.6) is 5.75 Å². The summed E-state index contributed by atoms with van der Waals surface area (Å²) >= 11 is 5.75. The van der Waals surface area contributed by atoms with Crippen LogP contribution in [0.15, 0.2) is 29.5 Å². The second kappa shape index (κ2) is 5.50. The maximum Gasteiger partial charge on any atom is 0.297 e. The number of nitrogens with zero attached hydrogens (tertiary/aromatic N) is 4. The van der Waals surface area contributed by atoms with E-state index in [2.05, 4.69) is 9.97 Å². The lowest BCUT2D eigenvalue weighted by Gasteiger charge is -2.08. The molecule has 0 bridgehead atoms. The van der Waals surface area contributed by atoms with Gasteiger partial charge in [0.2, 0.25) is 5.75 Å². The Balaban J connectivity index is 2.45. The van der Waals surface area contributed by atoms with Crippen LogP contribution in [0.3, 0.4) is 0 Å². The molecule has 0 saturated heterocycles. The van der Waals surface area contributed by atoms with Crippen LogP contribution >= 0.6 is 11.6 Å². The maximum atomic E-state index is 12.0. The minimum absolute atomic E-state index is 0.00967. The third-order valence-corrected chi connectivity index (χ3v) is 2.76. The maximum absolute atomic E-state index is 12.0. The van der Waals surface area contributed by atoms with E-state index >= 15 is 0 Å². The molecule has 0 amide bonds. The van der Waals surface area contributed by atoms with Crippen LogP contribution in [0.1, 0.15) is 11.3 Å². The molecule has 0 aliphatic rings. The van der Waals surface area contributed by atoms with Gasteiger partial charge in [-0.2, -0.15) is 5.26 Å². The van der Waals surface area contributed by atoms with Crippen LogP contribution in [0.4, 0.5) is 0 Å². The summed E-state index contributed by atoms with van der Waals surface area (Å²) in [6.45, 7) is 0.177. The average Bonchev–Trinajstić information content (AvgIpc) is 2.43. The van der Waals surface area contributed by atoms with Crippen molar-refractivity contribution in [1.82, 2.24) is 14.5 Å². The van der Waals surface area contributed by atoms with Crippen LogP contribution < -0.4 is 10.3 Å². The Morgan fingerprint density at radius 2 is 2.32 bits per heavy atom. The number of rotatable bonds is 3. The SMILES string of the molecule is COc1c(Cl)ncn(Cc2cccnc2C#N)c1=O. The van der Waals surface area contributed by atoms with E-state index in [4.69, 9.17) is 21.6 Å². The van der Waals surface area contributed by atoms with E-state index in [9.17, 15) is 4.79 Å². The molecule has 0 spiro atoms. The summed E-state index contributed by atoms with van der Waals surface area (Å²) in [4.78, 5) is 19.8. The molecule has 0 unspecified atom stereocenters. The Morgan fingerprint density at radius 1 is 1.53 bits per heavy atom. The van der Waals surface area contributed by atoms with Crippen molar-refractivity contribution in [3.8, 4) is 11.8 Å².